The highest BCUT2D eigenvalue weighted by molar-refractivity contribution is 6.38. The van der Waals surface area contributed by atoms with Gasteiger partial charge >= 0.3 is 11.8 Å². The van der Waals surface area contributed by atoms with Gasteiger partial charge in [-0.15, -0.1) is 0 Å². The van der Waals surface area contributed by atoms with Gasteiger partial charge in [-0.25, -0.2) is 9.28 Å². The number of carbonyl (C=O) groups is 1. The lowest BCUT2D eigenvalue weighted by Crippen LogP contribution is -2.56. The molecular weight excluding hydrogens is 455 g/mol. The second-order valence-electron chi connectivity index (χ2n) is 8.12. The average molecular weight is 479 g/mol. The molecule has 1 unspecified atom stereocenters. The number of likely N-dealkylation sites (N-methyl/N-ethyl adjacent to an activating group) is 1. The van der Waals surface area contributed by atoms with Crippen molar-refractivity contribution in [3.05, 3.63) is 68.7 Å². The van der Waals surface area contributed by atoms with E-state index in [2.05, 4.69) is 7.05 Å². The fourth-order valence-corrected chi connectivity index (χ4v) is 5.36. The van der Waals surface area contributed by atoms with Gasteiger partial charge in [0.05, 0.1) is 30.8 Å². The standard InChI is InChI=1S/C24H24Cl3N2O2/c1-29(18-6-4-3-5-7-18)22(19-13-12-17(26)14-20(19)27)21(28-23(29)24(30)31-2)15-8-10-16(25)11-9-15/h8-14,18H,3-7H2,1-2H3/q+1. The first kappa shape index (κ1) is 22.3. The Morgan fingerprint density at radius 1 is 1.00 bits per heavy atom. The number of benzene rings is 2. The van der Waals surface area contributed by atoms with Gasteiger partial charge in [0.15, 0.2) is 5.70 Å². The maximum atomic E-state index is 12.9. The number of rotatable bonds is 4. The van der Waals surface area contributed by atoms with Gasteiger partial charge in [0.1, 0.15) is 5.70 Å². The van der Waals surface area contributed by atoms with E-state index in [0.29, 0.717) is 26.6 Å². The average Bonchev–Trinajstić information content (AvgIpc) is 3.08. The summed E-state index contributed by atoms with van der Waals surface area (Å²) in [4.78, 5) is 17.8. The van der Waals surface area contributed by atoms with Crippen LogP contribution in [0.2, 0.25) is 15.1 Å². The third-order valence-corrected chi connectivity index (χ3v) is 7.12. The Morgan fingerprint density at radius 2 is 1.65 bits per heavy atom. The van der Waals surface area contributed by atoms with Gasteiger partial charge in [-0.1, -0.05) is 53.4 Å². The number of amidine groups is 1. The highest BCUT2D eigenvalue weighted by Crippen LogP contribution is 2.47. The Labute approximate surface area is 197 Å². The van der Waals surface area contributed by atoms with Crippen LogP contribution in [0.15, 0.2) is 47.5 Å². The summed E-state index contributed by atoms with van der Waals surface area (Å²) in [7, 11) is 3.44. The van der Waals surface area contributed by atoms with Crippen molar-refractivity contribution < 1.29 is 14.0 Å². The highest BCUT2D eigenvalue weighted by Gasteiger charge is 2.53. The number of hydrogen-bond donors (Lipinski definition) is 0. The number of carbonyl (C=O) groups excluding carboxylic acids is 1. The van der Waals surface area contributed by atoms with Crippen LogP contribution in [-0.2, 0) is 9.53 Å². The molecule has 31 heavy (non-hydrogen) atoms. The minimum atomic E-state index is -0.431. The minimum Gasteiger partial charge on any atom is -0.460 e. The highest BCUT2D eigenvalue weighted by atomic mass is 35.5. The quantitative estimate of drug-likeness (QED) is 0.356. The predicted molar refractivity (Wildman–Crippen MR) is 127 cm³/mol. The molecule has 2 aliphatic rings. The van der Waals surface area contributed by atoms with Crippen LogP contribution in [0.25, 0.3) is 11.4 Å². The molecule has 1 aliphatic carbocycles. The van der Waals surface area contributed by atoms with Crippen LogP contribution in [-0.4, -0.2) is 36.5 Å². The summed E-state index contributed by atoms with van der Waals surface area (Å²) in [6.45, 7) is 0. The summed E-state index contributed by atoms with van der Waals surface area (Å²) in [6.07, 6.45) is 5.42. The number of aliphatic imine (C=N–C) groups is 1. The van der Waals surface area contributed by atoms with Crippen molar-refractivity contribution in [1.29, 1.82) is 0 Å². The maximum Gasteiger partial charge on any atom is 0.414 e. The lowest BCUT2D eigenvalue weighted by Gasteiger charge is -2.40. The molecule has 1 atom stereocenters. The van der Waals surface area contributed by atoms with E-state index < -0.39 is 5.97 Å². The number of hydrogen-bond acceptors (Lipinski definition) is 3. The first-order chi connectivity index (χ1) is 14.9. The van der Waals surface area contributed by atoms with Crippen LogP contribution in [0.5, 0.6) is 0 Å². The smallest absolute Gasteiger partial charge is 0.414 e. The van der Waals surface area contributed by atoms with E-state index in [1.165, 1.54) is 13.5 Å². The number of methoxy groups -OCH3 is 1. The number of halogens is 3. The second-order valence-corrected chi connectivity index (χ2v) is 9.40. The van der Waals surface area contributed by atoms with Crippen molar-refractivity contribution >= 4 is 58.0 Å². The maximum absolute atomic E-state index is 12.9. The van der Waals surface area contributed by atoms with Crippen LogP contribution in [0.4, 0.5) is 0 Å². The topological polar surface area (TPSA) is 38.7 Å². The zero-order valence-corrected chi connectivity index (χ0v) is 19.8. The van der Waals surface area contributed by atoms with Crippen LogP contribution in [0.1, 0.15) is 43.2 Å². The first-order valence-electron chi connectivity index (χ1n) is 10.4. The zero-order valence-electron chi connectivity index (χ0n) is 17.5. The van der Waals surface area contributed by atoms with Gasteiger partial charge in [-0.3, -0.25) is 0 Å². The Balaban J connectivity index is 2.01. The van der Waals surface area contributed by atoms with Gasteiger partial charge in [-0.2, -0.15) is 4.99 Å². The normalized spacial score (nSPS) is 21.9. The summed E-state index contributed by atoms with van der Waals surface area (Å²) >= 11 is 19.0. The molecule has 4 rings (SSSR count). The molecule has 1 saturated carbocycles. The Kier molecular flexibility index (Phi) is 6.45. The molecule has 1 aliphatic heterocycles. The predicted octanol–water partition coefficient (Wildman–Crippen LogP) is 6.84. The van der Waals surface area contributed by atoms with Gasteiger partial charge in [-0.05, 0) is 43.2 Å². The number of nitrogens with zero attached hydrogens (tertiary/aromatic N) is 2. The van der Waals surface area contributed by atoms with Gasteiger partial charge in [0.25, 0.3) is 0 Å². The summed E-state index contributed by atoms with van der Waals surface area (Å²) in [6, 6.07) is 13.1. The van der Waals surface area contributed by atoms with E-state index in [-0.39, 0.29) is 10.5 Å². The lowest BCUT2D eigenvalue weighted by atomic mass is 9.90. The van der Waals surface area contributed by atoms with Crippen molar-refractivity contribution in [3.8, 4) is 0 Å². The molecule has 0 bridgehead atoms. The van der Waals surface area contributed by atoms with Crippen molar-refractivity contribution in [2.45, 2.75) is 38.1 Å². The molecular formula is C24H24Cl3N2O2+. The van der Waals surface area contributed by atoms with Crippen molar-refractivity contribution in [3.63, 3.8) is 0 Å². The molecule has 0 N–H and O–H groups in total. The number of quaternary nitrogens is 1. The fourth-order valence-electron chi connectivity index (χ4n) is 4.74. The molecule has 0 aromatic heterocycles. The third-order valence-electron chi connectivity index (χ3n) is 6.32. The van der Waals surface area contributed by atoms with Crippen LogP contribution in [0.3, 0.4) is 0 Å². The molecule has 7 heteroatoms. The van der Waals surface area contributed by atoms with Gasteiger partial charge < -0.3 is 4.74 Å². The number of ether oxygens (including phenoxy) is 1. The monoisotopic (exact) mass is 477 g/mol. The van der Waals surface area contributed by atoms with E-state index in [9.17, 15) is 4.79 Å². The van der Waals surface area contributed by atoms with Gasteiger partial charge in [0, 0.05) is 28.5 Å². The molecule has 0 spiro atoms. The molecule has 162 valence electrons. The van der Waals surface area contributed by atoms with Crippen LogP contribution >= 0.6 is 34.8 Å². The molecule has 1 heterocycles. The van der Waals surface area contributed by atoms with Crippen molar-refractivity contribution in [2.24, 2.45) is 4.99 Å². The molecule has 0 saturated heterocycles. The van der Waals surface area contributed by atoms with E-state index >= 15 is 0 Å². The molecule has 0 radical (unpaired) electrons. The minimum absolute atomic E-state index is 0.193. The molecule has 1 fully saturated rings. The summed E-state index contributed by atoms with van der Waals surface area (Å²) < 4.78 is 5.43. The van der Waals surface area contributed by atoms with Crippen LogP contribution in [0, 0.1) is 0 Å². The largest absolute Gasteiger partial charge is 0.460 e. The van der Waals surface area contributed by atoms with E-state index in [1.807, 2.05) is 36.4 Å². The SMILES string of the molecule is COC(=O)C1=NC(c2ccc(Cl)cc2)=C(c2ccc(Cl)cc2Cl)[N+]1(C)C1CCCCC1. The summed E-state index contributed by atoms with van der Waals surface area (Å²) in [5.41, 5.74) is 3.27. The lowest BCUT2D eigenvalue weighted by molar-refractivity contribution is -0.773. The summed E-state index contributed by atoms with van der Waals surface area (Å²) in [5.74, 6) is -0.0556. The van der Waals surface area contributed by atoms with Crippen molar-refractivity contribution in [1.82, 2.24) is 0 Å². The Bertz CT molecular complexity index is 1070. The van der Waals surface area contributed by atoms with Crippen LogP contribution < -0.4 is 0 Å². The Morgan fingerprint density at radius 3 is 2.26 bits per heavy atom. The molecule has 2 aromatic carbocycles. The fraction of sp³-hybridized carbons (Fsp3) is 0.333. The second kappa shape index (κ2) is 8.95. The van der Waals surface area contributed by atoms with E-state index in [4.69, 9.17) is 44.5 Å². The molecule has 4 nitrogen and oxygen atoms in total. The summed E-state index contributed by atoms with van der Waals surface area (Å²) in [5, 5.41) is 1.71. The zero-order chi connectivity index (χ0) is 22.2. The van der Waals surface area contributed by atoms with Crippen molar-refractivity contribution in [2.75, 3.05) is 14.2 Å². The Hall–Kier alpha value is -1.85. The first-order valence-corrected chi connectivity index (χ1v) is 11.5. The van der Waals surface area contributed by atoms with Gasteiger partial charge in [0.2, 0.25) is 0 Å². The van der Waals surface area contributed by atoms with E-state index in [0.717, 1.165) is 42.5 Å². The van der Waals surface area contributed by atoms with E-state index in [1.54, 1.807) is 6.07 Å². The molecule has 2 aromatic rings. The third kappa shape index (κ3) is 4.03. The molecule has 0 amide bonds. The number of esters is 1.